The third kappa shape index (κ3) is 5.98. The lowest BCUT2D eigenvalue weighted by atomic mass is 10.0. The first kappa shape index (κ1) is 19.2. The summed E-state index contributed by atoms with van der Waals surface area (Å²) in [7, 11) is 0. The van der Waals surface area contributed by atoms with Crippen LogP contribution in [0.15, 0.2) is 59.4 Å². The van der Waals surface area contributed by atoms with Crippen LogP contribution in [0.4, 0.5) is 0 Å². The summed E-state index contributed by atoms with van der Waals surface area (Å²) >= 11 is 0. The van der Waals surface area contributed by atoms with Gasteiger partial charge in [0.05, 0.1) is 0 Å². The minimum absolute atomic E-state index is 0.455. The highest BCUT2D eigenvalue weighted by Gasteiger charge is 2.17. The number of nitrogens with one attached hydrogen (secondary N) is 1. The van der Waals surface area contributed by atoms with Gasteiger partial charge in [0.2, 0.25) is 0 Å². The van der Waals surface area contributed by atoms with Crippen LogP contribution in [-0.2, 0) is 6.54 Å². The minimum Gasteiger partial charge on any atom is -0.357 e. The molecule has 5 heteroatoms. The fourth-order valence-corrected chi connectivity index (χ4v) is 3.39. The van der Waals surface area contributed by atoms with E-state index in [2.05, 4.69) is 65.6 Å². The molecule has 0 spiro atoms. The third-order valence-corrected chi connectivity index (χ3v) is 4.82. The van der Waals surface area contributed by atoms with Gasteiger partial charge in [-0.15, -0.1) is 0 Å². The summed E-state index contributed by atoms with van der Waals surface area (Å²) in [5.74, 6) is 1.50. The van der Waals surface area contributed by atoms with Gasteiger partial charge >= 0.3 is 0 Å². The van der Waals surface area contributed by atoms with Gasteiger partial charge in [-0.3, -0.25) is 9.67 Å². The monoisotopic (exact) mass is 365 g/mol. The molecule has 2 aromatic rings. The zero-order chi connectivity index (χ0) is 18.9. The van der Waals surface area contributed by atoms with E-state index in [1.165, 1.54) is 11.1 Å². The van der Waals surface area contributed by atoms with Gasteiger partial charge in [-0.1, -0.05) is 48.9 Å². The van der Waals surface area contributed by atoms with Gasteiger partial charge in [-0.25, -0.2) is 0 Å². The molecule has 1 aliphatic rings. The van der Waals surface area contributed by atoms with E-state index < -0.39 is 0 Å². The Bertz CT molecular complexity index is 723. The zero-order valence-electron chi connectivity index (χ0n) is 16.5. The maximum Gasteiger partial charge on any atom is 0.193 e. The van der Waals surface area contributed by atoms with E-state index in [4.69, 9.17) is 4.99 Å². The van der Waals surface area contributed by atoms with Gasteiger partial charge in [0.25, 0.3) is 0 Å². The SMILES string of the molecule is CCNC(=NCC(C)Cn1cccn1)N1CCC(=Cc2ccccc2)CC1. The number of likely N-dealkylation sites (tertiary alicyclic amines) is 1. The maximum atomic E-state index is 4.90. The van der Waals surface area contributed by atoms with Crippen molar-refractivity contribution in [1.29, 1.82) is 0 Å². The van der Waals surface area contributed by atoms with Gasteiger partial charge in [0.1, 0.15) is 0 Å². The van der Waals surface area contributed by atoms with E-state index in [0.29, 0.717) is 5.92 Å². The summed E-state index contributed by atoms with van der Waals surface area (Å²) in [6, 6.07) is 12.6. The second-order valence-electron chi connectivity index (χ2n) is 7.23. The average Bonchev–Trinajstić information content (AvgIpc) is 3.20. The summed E-state index contributed by atoms with van der Waals surface area (Å²) < 4.78 is 1.98. The lowest BCUT2D eigenvalue weighted by molar-refractivity contribution is 0.372. The molecule has 0 bridgehead atoms. The number of hydrogen-bond acceptors (Lipinski definition) is 2. The third-order valence-electron chi connectivity index (χ3n) is 4.82. The number of guanidine groups is 1. The van der Waals surface area contributed by atoms with Crippen molar-refractivity contribution in [2.45, 2.75) is 33.2 Å². The summed E-state index contributed by atoms with van der Waals surface area (Å²) in [5.41, 5.74) is 2.83. The van der Waals surface area contributed by atoms with E-state index in [0.717, 1.165) is 51.5 Å². The Morgan fingerprint density at radius 1 is 1.22 bits per heavy atom. The molecule has 5 nitrogen and oxygen atoms in total. The van der Waals surface area contributed by atoms with Gasteiger partial charge in [-0.2, -0.15) is 5.10 Å². The Labute approximate surface area is 162 Å². The zero-order valence-corrected chi connectivity index (χ0v) is 16.5. The molecule has 0 saturated carbocycles. The van der Waals surface area contributed by atoms with Crippen LogP contribution in [0.5, 0.6) is 0 Å². The molecular formula is C22H31N5. The highest BCUT2D eigenvalue weighted by Crippen LogP contribution is 2.19. The average molecular weight is 366 g/mol. The van der Waals surface area contributed by atoms with E-state index >= 15 is 0 Å². The molecule has 1 atom stereocenters. The molecule has 1 saturated heterocycles. The largest absolute Gasteiger partial charge is 0.357 e. The number of hydrogen-bond donors (Lipinski definition) is 1. The van der Waals surface area contributed by atoms with E-state index in [1.807, 2.05) is 23.1 Å². The second-order valence-corrected chi connectivity index (χ2v) is 7.23. The molecule has 0 aliphatic carbocycles. The van der Waals surface area contributed by atoms with Gasteiger partial charge in [-0.05, 0) is 37.3 Å². The fraction of sp³-hybridized carbons (Fsp3) is 0.455. The Morgan fingerprint density at radius 3 is 2.67 bits per heavy atom. The Hall–Kier alpha value is -2.56. The van der Waals surface area contributed by atoms with Crippen LogP contribution in [0.3, 0.4) is 0 Å². The Morgan fingerprint density at radius 2 is 2.00 bits per heavy atom. The standard InChI is InChI=1S/C22H31N5/c1-3-23-22(24-17-19(2)18-27-13-7-12-25-27)26-14-10-21(11-15-26)16-20-8-5-4-6-9-20/h4-9,12-13,16,19H,3,10-11,14-15,17-18H2,1-2H3,(H,23,24). The van der Waals surface area contributed by atoms with Crippen molar-refractivity contribution in [1.82, 2.24) is 20.0 Å². The molecule has 27 heavy (non-hydrogen) atoms. The fourth-order valence-electron chi connectivity index (χ4n) is 3.39. The number of aliphatic imine (C=N–C) groups is 1. The Kier molecular flexibility index (Phi) is 7.08. The normalized spacial score (nSPS) is 16.3. The lowest BCUT2D eigenvalue weighted by Crippen LogP contribution is -2.44. The minimum atomic E-state index is 0.455. The summed E-state index contributed by atoms with van der Waals surface area (Å²) in [5, 5.41) is 7.75. The molecular weight excluding hydrogens is 334 g/mol. The quantitative estimate of drug-likeness (QED) is 0.628. The van der Waals surface area contributed by atoms with Gasteiger partial charge in [0, 0.05) is 45.1 Å². The lowest BCUT2D eigenvalue weighted by Gasteiger charge is -2.31. The van der Waals surface area contributed by atoms with E-state index in [1.54, 1.807) is 0 Å². The number of benzene rings is 1. The Balaban J connectivity index is 1.55. The van der Waals surface area contributed by atoms with Crippen LogP contribution in [0.2, 0.25) is 0 Å². The molecule has 1 aliphatic heterocycles. The van der Waals surface area contributed by atoms with Crippen LogP contribution >= 0.6 is 0 Å². The molecule has 144 valence electrons. The molecule has 3 rings (SSSR count). The predicted octanol–water partition coefficient (Wildman–Crippen LogP) is 3.66. The van der Waals surface area contributed by atoms with Crippen LogP contribution in [0, 0.1) is 5.92 Å². The predicted molar refractivity (Wildman–Crippen MR) is 113 cm³/mol. The number of rotatable bonds is 6. The van der Waals surface area contributed by atoms with E-state index in [-0.39, 0.29) is 0 Å². The first-order chi connectivity index (χ1) is 13.2. The van der Waals surface area contributed by atoms with Crippen molar-refractivity contribution in [3.8, 4) is 0 Å². The molecule has 0 radical (unpaired) electrons. The van der Waals surface area contributed by atoms with Crippen LogP contribution in [0.1, 0.15) is 32.3 Å². The number of nitrogens with zero attached hydrogens (tertiary/aromatic N) is 4. The molecule has 1 fully saturated rings. The van der Waals surface area contributed by atoms with Crippen molar-refractivity contribution in [2.75, 3.05) is 26.2 Å². The van der Waals surface area contributed by atoms with Crippen molar-refractivity contribution in [3.63, 3.8) is 0 Å². The highest BCUT2D eigenvalue weighted by molar-refractivity contribution is 5.80. The van der Waals surface area contributed by atoms with Crippen LogP contribution < -0.4 is 5.32 Å². The van der Waals surface area contributed by atoms with Crippen molar-refractivity contribution in [2.24, 2.45) is 10.9 Å². The maximum absolute atomic E-state index is 4.90. The molecule has 1 aromatic carbocycles. The van der Waals surface area contributed by atoms with Crippen molar-refractivity contribution < 1.29 is 0 Å². The first-order valence-corrected chi connectivity index (χ1v) is 9.99. The van der Waals surface area contributed by atoms with Crippen molar-refractivity contribution in [3.05, 3.63) is 59.9 Å². The highest BCUT2D eigenvalue weighted by atomic mass is 15.3. The van der Waals surface area contributed by atoms with Crippen LogP contribution in [-0.4, -0.2) is 46.8 Å². The topological polar surface area (TPSA) is 45.5 Å². The van der Waals surface area contributed by atoms with Gasteiger partial charge < -0.3 is 10.2 Å². The molecule has 1 N–H and O–H groups in total. The van der Waals surface area contributed by atoms with E-state index in [9.17, 15) is 0 Å². The van der Waals surface area contributed by atoms with Gasteiger partial charge in [0.15, 0.2) is 5.96 Å². The summed E-state index contributed by atoms with van der Waals surface area (Å²) in [6.45, 7) is 9.02. The molecule has 1 unspecified atom stereocenters. The smallest absolute Gasteiger partial charge is 0.193 e. The van der Waals surface area contributed by atoms with Crippen molar-refractivity contribution >= 4 is 12.0 Å². The summed E-state index contributed by atoms with van der Waals surface area (Å²) in [6.07, 6.45) is 8.38. The molecule has 2 heterocycles. The second kappa shape index (κ2) is 9.95. The summed E-state index contributed by atoms with van der Waals surface area (Å²) in [4.78, 5) is 7.29. The number of aromatic nitrogens is 2. The molecule has 1 aromatic heterocycles. The number of piperidine rings is 1. The van der Waals surface area contributed by atoms with Crippen LogP contribution in [0.25, 0.3) is 6.08 Å². The molecule has 0 amide bonds. The first-order valence-electron chi connectivity index (χ1n) is 9.99.